The molecule has 1 aromatic heterocycles. The molecule has 1 unspecified atom stereocenters. The van der Waals surface area contributed by atoms with Crippen molar-refractivity contribution in [3.63, 3.8) is 0 Å². The van der Waals surface area contributed by atoms with E-state index in [1.165, 1.54) is 29.0 Å². The monoisotopic (exact) mass is 404 g/mol. The first-order valence-electron chi connectivity index (χ1n) is 10.0. The maximum absolute atomic E-state index is 12.4. The number of hydrogen-bond donors (Lipinski definition) is 2. The number of carbonyl (C=O) groups is 4. The highest BCUT2D eigenvalue weighted by molar-refractivity contribution is 5.89. The van der Waals surface area contributed by atoms with Gasteiger partial charge in [0, 0.05) is 36.7 Å². The van der Waals surface area contributed by atoms with Crippen LogP contribution in [0.25, 0.3) is 0 Å². The fourth-order valence-corrected chi connectivity index (χ4v) is 3.90. The van der Waals surface area contributed by atoms with E-state index in [4.69, 9.17) is 20.0 Å². The predicted octanol–water partition coefficient (Wildman–Crippen LogP) is 1.88. The number of carboxylic acids is 1. The van der Waals surface area contributed by atoms with E-state index >= 15 is 0 Å². The minimum Gasteiger partial charge on any atom is -0.483 e. The molecule has 0 bridgehead atoms. The van der Waals surface area contributed by atoms with Crippen molar-refractivity contribution in [3.05, 3.63) is 29.1 Å². The number of carbonyl (C=O) groups excluding carboxylic acids is 2. The number of rotatable bonds is 7. The second-order valence-electron chi connectivity index (χ2n) is 7.44. The summed E-state index contributed by atoms with van der Waals surface area (Å²) in [5.41, 5.74) is 3.63. The summed E-state index contributed by atoms with van der Waals surface area (Å²) in [7, 11) is 0. The van der Waals surface area contributed by atoms with Crippen LogP contribution in [0.1, 0.15) is 55.5 Å². The Balaban J connectivity index is 0.000000941. The summed E-state index contributed by atoms with van der Waals surface area (Å²) < 4.78 is 0. The molecule has 0 radical (unpaired) electrons. The highest BCUT2D eigenvalue weighted by Crippen LogP contribution is 2.22. The maximum atomic E-state index is 12.4. The quantitative estimate of drug-likeness (QED) is 0.665. The van der Waals surface area contributed by atoms with E-state index in [1.807, 2.05) is 0 Å². The predicted molar refractivity (Wildman–Crippen MR) is 104 cm³/mol. The van der Waals surface area contributed by atoms with Crippen molar-refractivity contribution in [2.75, 3.05) is 13.1 Å². The smallest absolute Gasteiger partial charge is 0.323 e. The molecule has 1 amide bonds. The molecule has 1 saturated heterocycles. The largest absolute Gasteiger partial charge is 0.483 e. The third kappa shape index (κ3) is 6.96. The SMILES string of the molecule is O=C(O)CN1CCC(C(=O)CCCc2ccc3c(n2)CCCC3)CC1=O.O=CO. The molecule has 0 spiro atoms. The third-order valence-corrected chi connectivity index (χ3v) is 5.39. The molecular weight excluding hydrogens is 376 g/mol. The van der Waals surface area contributed by atoms with Gasteiger partial charge in [-0.15, -0.1) is 0 Å². The molecule has 158 valence electrons. The van der Waals surface area contributed by atoms with Gasteiger partial charge in [-0.2, -0.15) is 0 Å². The fraction of sp³-hybridized carbons (Fsp3) is 0.571. The molecule has 2 heterocycles. The van der Waals surface area contributed by atoms with Crippen molar-refractivity contribution in [2.24, 2.45) is 5.92 Å². The first-order valence-corrected chi connectivity index (χ1v) is 10.0. The lowest BCUT2D eigenvalue weighted by Crippen LogP contribution is -2.43. The minimum atomic E-state index is -1.01. The lowest BCUT2D eigenvalue weighted by Gasteiger charge is -2.29. The Morgan fingerprint density at radius 3 is 2.66 bits per heavy atom. The standard InChI is InChI=1S/C20H26N2O4.CH2O2/c23-18(15-10-11-22(13-20(25)26)19(24)12-15)7-3-5-16-9-8-14-4-1-2-6-17(14)21-16;2-1-3/h8-9,15H,1-7,10-13H2,(H,25,26);1H,(H,2,3). The number of ketones is 1. The summed E-state index contributed by atoms with van der Waals surface area (Å²) in [6.07, 6.45) is 7.31. The Hall–Kier alpha value is -2.77. The molecule has 3 rings (SSSR count). The summed E-state index contributed by atoms with van der Waals surface area (Å²) in [4.78, 5) is 49.5. The Labute approximate surface area is 169 Å². The molecule has 0 aromatic carbocycles. The van der Waals surface area contributed by atoms with Crippen molar-refractivity contribution < 1.29 is 29.4 Å². The van der Waals surface area contributed by atoms with Crippen molar-refractivity contribution in [2.45, 2.75) is 57.8 Å². The number of amides is 1. The van der Waals surface area contributed by atoms with E-state index in [-0.39, 0.29) is 37.0 Å². The Morgan fingerprint density at radius 1 is 1.24 bits per heavy atom. The van der Waals surface area contributed by atoms with E-state index in [0.29, 0.717) is 19.4 Å². The van der Waals surface area contributed by atoms with Gasteiger partial charge in [0.05, 0.1) is 0 Å². The summed E-state index contributed by atoms with van der Waals surface area (Å²) in [5, 5.41) is 15.7. The maximum Gasteiger partial charge on any atom is 0.323 e. The molecule has 2 N–H and O–H groups in total. The molecule has 1 aromatic rings. The number of fused-ring (bicyclic) bond motifs is 1. The van der Waals surface area contributed by atoms with E-state index < -0.39 is 5.97 Å². The molecule has 1 fully saturated rings. The average molecular weight is 404 g/mol. The number of pyridine rings is 1. The lowest BCUT2D eigenvalue weighted by molar-refractivity contribution is -0.147. The van der Waals surface area contributed by atoms with E-state index in [1.54, 1.807) is 0 Å². The molecule has 2 aliphatic rings. The highest BCUT2D eigenvalue weighted by atomic mass is 16.4. The molecule has 29 heavy (non-hydrogen) atoms. The first kappa shape index (κ1) is 22.5. The van der Waals surface area contributed by atoms with Gasteiger partial charge in [-0.3, -0.25) is 24.2 Å². The zero-order chi connectivity index (χ0) is 21.2. The number of nitrogens with zero attached hydrogens (tertiary/aromatic N) is 2. The van der Waals surface area contributed by atoms with E-state index in [2.05, 4.69) is 12.1 Å². The van der Waals surface area contributed by atoms with Gasteiger partial charge in [0.25, 0.3) is 6.47 Å². The Kier molecular flexibility index (Phi) is 8.76. The zero-order valence-electron chi connectivity index (χ0n) is 16.5. The van der Waals surface area contributed by atoms with Crippen LogP contribution in [0.5, 0.6) is 0 Å². The van der Waals surface area contributed by atoms with Crippen molar-refractivity contribution >= 4 is 24.1 Å². The average Bonchev–Trinajstić information content (AvgIpc) is 2.69. The molecule has 8 nitrogen and oxygen atoms in total. The van der Waals surface area contributed by atoms with Gasteiger partial charge in [-0.1, -0.05) is 6.07 Å². The number of aliphatic carboxylic acids is 1. The van der Waals surface area contributed by atoms with Crippen LogP contribution in [0.2, 0.25) is 0 Å². The molecule has 1 atom stereocenters. The summed E-state index contributed by atoms with van der Waals surface area (Å²) in [6, 6.07) is 4.25. The summed E-state index contributed by atoms with van der Waals surface area (Å²) in [6.45, 7) is -0.169. The van der Waals surface area contributed by atoms with Gasteiger partial charge in [0.2, 0.25) is 5.91 Å². The van der Waals surface area contributed by atoms with Crippen LogP contribution < -0.4 is 0 Å². The van der Waals surface area contributed by atoms with Gasteiger partial charge < -0.3 is 15.1 Å². The molecule has 1 aliphatic carbocycles. The molecular formula is C21H28N2O6. The number of aromatic nitrogens is 1. The fourth-order valence-electron chi connectivity index (χ4n) is 3.90. The number of hydrogen-bond acceptors (Lipinski definition) is 5. The van der Waals surface area contributed by atoms with Crippen LogP contribution in [0.15, 0.2) is 12.1 Å². The van der Waals surface area contributed by atoms with Gasteiger partial charge in [-0.25, -0.2) is 0 Å². The Morgan fingerprint density at radius 2 is 1.97 bits per heavy atom. The van der Waals surface area contributed by atoms with Gasteiger partial charge in [0.15, 0.2) is 0 Å². The van der Waals surface area contributed by atoms with Crippen LogP contribution in [0, 0.1) is 5.92 Å². The van der Waals surface area contributed by atoms with Crippen LogP contribution in [-0.2, 0) is 38.4 Å². The van der Waals surface area contributed by atoms with Crippen molar-refractivity contribution in [1.82, 2.24) is 9.88 Å². The van der Waals surface area contributed by atoms with Crippen LogP contribution >= 0.6 is 0 Å². The Bertz CT molecular complexity index is 749. The van der Waals surface area contributed by atoms with Crippen LogP contribution in [0.3, 0.4) is 0 Å². The second-order valence-corrected chi connectivity index (χ2v) is 7.44. The van der Waals surface area contributed by atoms with Crippen molar-refractivity contribution in [1.29, 1.82) is 0 Å². The number of carboxylic acid groups (broad SMARTS) is 2. The van der Waals surface area contributed by atoms with Gasteiger partial charge in [-0.05, 0) is 56.6 Å². The van der Waals surface area contributed by atoms with E-state index in [0.717, 1.165) is 31.4 Å². The lowest BCUT2D eigenvalue weighted by atomic mass is 9.89. The zero-order valence-corrected chi connectivity index (χ0v) is 16.5. The van der Waals surface area contributed by atoms with Crippen LogP contribution in [-0.4, -0.2) is 57.3 Å². The van der Waals surface area contributed by atoms with Gasteiger partial charge in [0.1, 0.15) is 12.3 Å². The molecule has 8 heteroatoms. The third-order valence-electron chi connectivity index (χ3n) is 5.39. The molecule has 1 aliphatic heterocycles. The first-order chi connectivity index (χ1) is 13.9. The number of piperidine rings is 1. The van der Waals surface area contributed by atoms with Crippen LogP contribution in [0.4, 0.5) is 0 Å². The normalized spacial score (nSPS) is 18.3. The second kappa shape index (κ2) is 11.3. The number of likely N-dealkylation sites (tertiary alicyclic amines) is 1. The van der Waals surface area contributed by atoms with Gasteiger partial charge >= 0.3 is 5.97 Å². The number of Topliss-reactive ketones (excluding diaryl/α,β-unsaturated/α-hetero) is 1. The van der Waals surface area contributed by atoms with E-state index in [9.17, 15) is 14.4 Å². The summed E-state index contributed by atoms with van der Waals surface area (Å²) >= 11 is 0. The highest BCUT2D eigenvalue weighted by Gasteiger charge is 2.30. The van der Waals surface area contributed by atoms with Crippen molar-refractivity contribution in [3.8, 4) is 0 Å². The summed E-state index contributed by atoms with van der Waals surface area (Å²) in [5.74, 6) is -1.38. The number of aryl methyl sites for hydroxylation is 3. The minimum absolute atomic E-state index is 0.117. The molecule has 0 saturated carbocycles. The topological polar surface area (TPSA) is 125 Å².